The zero-order chi connectivity index (χ0) is 14.2. The summed E-state index contributed by atoms with van der Waals surface area (Å²) in [5.74, 6) is 1.17. The van der Waals surface area contributed by atoms with Crippen molar-refractivity contribution in [2.75, 3.05) is 19.6 Å². The molecule has 1 heterocycles. The quantitative estimate of drug-likeness (QED) is 0.929. The Bertz CT molecular complexity index is 487. The van der Waals surface area contributed by atoms with Gasteiger partial charge < -0.3 is 10.6 Å². The van der Waals surface area contributed by atoms with E-state index in [1.807, 2.05) is 6.07 Å². The maximum Gasteiger partial charge on any atom is 0.228 e. The number of amides is 1. The molecule has 1 aromatic carbocycles. The number of nitrogens with two attached hydrogens (primary N) is 1. The summed E-state index contributed by atoms with van der Waals surface area (Å²) in [7, 11) is 0. The maximum absolute atomic E-state index is 12.7. The fourth-order valence-corrected chi connectivity index (χ4v) is 3.56. The summed E-state index contributed by atoms with van der Waals surface area (Å²) in [5, 5.41) is 0. The van der Waals surface area contributed by atoms with Gasteiger partial charge in [-0.2, -0.15) is 0 Å². The average molecular weight is 309 g/mol. The van der Waals surface area contributed by atoms with E-state index in [-0.39, 0.29) is 17.8 Å². The van der Waals surface area contributed by atoms with Crippen molar-refractivity contribution in [2.24, 2.45) is 17.1 Å². The van der Waals surface area contributed by atoms with Crippen molar-refractivity contribution in [3.8, 4) is 0 Å². The van der Waals surface area contributed by atoms with Crippen LogP contribution in [0, 0.1) is 11.3 Å². The van der Waals surface area contributed by atoms with Crippen LogP contribution in [0.2, 0.25) is 0 Å². The van der Waals surface area contributed by atoms with Gasteiger partial charge in [0.1, 0.15) is 0 Å². The Kier molecular flexibility index (Phi) is 4.95. The summed E-state index contributed by atoms with van der Waals surface area (Å²) in [5.41, 5.74) is 7.24. The Labute approximate surface area is 133 Å². The van der Waals surface area contributed by atoms with E-state index in [0.717, 1.165) is 32.4 Å². The Morgan fingerprint density at radius 2 is 1.95 bits per heavy atom. The lowest BCUT2D eigenvalue weighted by atomic mass is 9.89. The monoisotopic (exact) mass is 308 g/mol. The molecule has 0 aromatic heterocycles. The second kappa shape index (κ2) is 6.37. The number of halogens is 1. The molecular weight excluding hydrogens is 284 g/mol. The highest BCUT2D eigenvalue weighted by Gasteiger charge is 2.51. The fourth-order valence-electron chi connectivity index (χ4n) is 3.56. The molecule has 1 saturated carbocycles. The molecule has 0 bridgehead atoms. The summed E-state index contributed by atoms with van der Waals surface area (Å²) in [6, 6.07) is 10.5. The minimum Gasteiger partial charge on any atom is -0.341 e. The average Bonchev–Trinajstić information content (AvgIpc) is 3.19. The molecular formula is C17H25ClN2O. The number of rotatable bonds is 4. The number of carbonyl (C=O) groups excluding carboxylic acids is 1. The van der Waals surface area contributed by atoms with E-state index in [1.54, 1.807) is 0 Å². The number of nitrogens with zero attached hydrogens (tertiary/aromatic N) is 1. The molecule has 3 nitrogen and oxygen atoms in total. The van der Waals surface area contributed by atoms with Gasteiger partial charge in [-0.3, -0.25) is 4.79 Å². The Balaban J connectivity index is 0.00000161. The predicted octanol–water partition coefficient (Wildman–Crippen LogP) is 2.80. The van der Waals surface area contributed by atoms with Crippen molar-refractivity contribution < 1.29 is 4.79 Å². The van der Waals surface area contributed by atoms with Gasteiger partial charge in [0, 0.05) is 24.4 Å². The second-order valence-electron chi connectivity index (χ2n) is 6.36. The number of hydrogen-bond donors (Lipinski definition) is 1. The van der Waals surface area contributed by atoms with Crippen LogP contribution in [-0.4, -0.2) is 30.4 Å². The summed E-state index contributed by atoms with van der Waals surface area (Å²) < 4.78 is 0. The first kappa shape index (κ1) is 16.3. The van der Waals surface area contributed by atoms with Gasteiger partial charge in [-0.15, -0.1) is 12.4 Å². The Morgan fingerprint density at radius 1 is 1.29 bits per heavy atom. The van der Waals surface area contributed by atoms with Gasteiger partial charge in [0.2, 0.25) is 5.91 Å². The van der Waals surface area contributed by atoms with Crippen molar-refractivity contribution in [1.29, 1.82) is 0 Å². The van der Waals surface area contributed by atoms with Gasteiger partial charge in [0.05, 0.1) is 0 Å². The lowest BCUT2D eigenvalue weighted by Gasteiger charge is -2.22. The van der Waals surface area contributed by atoms with Crippen LogP contribution < -0.4 is 5.73 Å². The summed E-state index contributed by atoms with van der Waals surface area (Å²) in [6.07, 6.45) is 3.12. The molecule has 21 heavy (non-hydrogen) atoms. The molecule has 0 unspecified atom stereocenters. The SMILES string of the molecule is CCC1(C(=O)N2C[C@@H](CN)[C@H](c3ccccc3)C2)CC1.Cl. The molecule has 2 N–H and O–H groups in total. The molecule has 1 saturated heterocycles. The normalized spacial score (nSPS) is 26.3. The van der Waals surface area contributed by atoms with Crippen LogP contribution in [0.15, 0.2) is 30.3 Å². The molecule has 1 aromatic rings. The first-order valence-corrected chi connectivity index (χ1v) is 7.74. The van der Waals surface area contributed by atoms with E-state index in [0.29, 0.717) is 24.3 Å². The zero-order valence-corrected chi connectivity index (χ0v) is 13.4. The van der Waals surface area contributed by atoms with Gasteiger partial charge >= 0.3 is 0 Å². The molecule has 4 heteroatoms. The minimum absolute atomic E-state index is 0. The minimum atomic E-state index is -0.0231. The maximum atomic E-state index is 12.7. The lowest BCUT2D eigenvalue weighted by Crippen LogP contribution is -2.36. The highest BCUT2D eigenvalue weighted by molar-refractivity contribution is 5.86. The second-order valence-corrected chi connectivity index (χ2v) is 6.36. The highest BCUT2D eigenvalue weighted by Crippen LogP contribution is 2.51. The van der Waals surface area contributed by atoms with Crippen molar-refractivity contribution in [3.05, 3.63) is 35.9 Å². The molecule has 116 valence electrons. The van der Waals surface area contributed by atoms with Crippen LogP contribution in [0.5, 0.6) is 0 Å². The smallest absolute Gasteiger partial charge is 0.228 e. The summed E-state index contributed by atoms with van der Waals surface area (Å²) in [4.78, 5) is 14.8. The van der Waals surface area contributed by atoms with E-state index in [2.05, 4.69) is 36.1 Å². The van der Waals surface area contributed by atoms with Crippen molar-refractivity contribution in [2.45, 2.75) is 32.1 Å². The number of hydrogen-bond acceptors (Lipinski definition) is 2. The van der Waals surface area contributed by atoms with Gasteiger partial charge in [-0.1, -0.05) is 37.3 Å². The van der Waals surface area contributed by atoms with Crippen LogP contribution in [0.25, 0.3) is 0 Å². The molecule has 2 atom stereocenters. The molecule has 2 fully saturated rings. The molecule has 1 aliphatic carbocycles. The van der Waals surface area contributed by atoms with Gasteiger partial charge in [0.15, 0.2) is 0 Å². The third kappa shape index (κ3) is 2.95. The first-order chi connectivity index (χ1) is 9.70. The highest BCUT2D eigenvalue weighted by atomic mass is 35.5. The van der Waals surface area contributed by atoms with Gasteiger partial charge in [0.25, 0.3) is 0 Å². The van der Waals surface area contributed by atoms with Crippen LogP contribution >= 0.6 is 12.4 Å². The zero-order valence-electron chi connectivity index (χ0n) is 12.6. The van der Waals surface area contributed by atoms with Crippen LogP contribution in [-0.2, 0) is 4.79 Å². The molecule has 2 aliphatic rings. The van der Waals surface area contributed by atoms with E-state index >= 15 is 0 Å². The predicted molar refractivity (Wildman–Crippen MR) is 87.5 cm³/mol. The molecule has 0 radical (unpaired) electrons. The van der Waals surface area contributed by atoms with Crippen molar-refractivity contribution >= 4 is 18.3 Å². The van der Waals surface area contributed by atoms with Crippen LogP contribution in [0.4, 0.5) is 0 Å². The van der Waals surface area contributed by atoms with Crippen molar-refractivity contribution in [3.63, 3.8) is 0 Å². The van der Waals surface area contributed by atoms with Gasteiger partial charge in [-0.05, 0) is 37.3 Å². The first-order valence-electron chi connectivity index (χ1n) is 7.74. The Morgan fingerprint density at radius 3 is 2.48 bits per heavy atom. The van der Waals surface area contributed by atoms with Crippen LogP contribution in [0.1, 0.15) is 37.7 Å². The van der Waals surface area contributed by atoms with E-state index in [9.17, 15) is 4.79 Å². The van der Waals surface area contributed by atoms with E-state index in [4.69, 9.17) is 5.73 Å². The fraction of sp³-hybridized carbons (Fsp3) is 0.588. The molecule has 1 amide bonds. The van der Waals surface area contributed by atoms with Crippen LogP contribution in [0.3, 0.4) is 0 Å². The third-order valence-corrected chi connectivity index (χ3v) is 5.24. The number of carbonyl (C=O) groups is 1. The molecule has 1 aliphatic heterocycles. The molecule has 3 rings (SSSR count). The number of likely N-dealkylation sites (tertiary alicyclic amines) is 1. The summed E-state index contributed by atoms with van der Waals surface area (Å²) in [6.45, 7) is 4.46. The topological polar surface area (TPSA) is 46.3 Å². The standard InChI is InChI=1S/C17H24N2O.ClH/c1-2-17(8-9-17)16(20)19-11-14(10-18)15(12-19)13-6-4-3-5-7-13;/h3-7,14-15H,2,8-12,18H2,1H3;1H/t14-,15+;/m1./s1. The lowest BCUT2D eigenvalue weighted by molar-refractivity contribution is -0.136. The Hall–Kier alpha value is -1.06. The van der Waals surface area contributed by atoms with Gasteiger partial charge in [-0.25, -0.2) is 0 Å². The van der Waals surface area contributed by atoms with E-state index in [1.165, 1.54) is 5.56 Å². The largest absolute Gasteiger partial charge is 0.341 e. The third-order valence-electron chi connectivity index (χ3n) is 5.24. The van der Waals surface area contributed by atoms with Crippen molar-refractivity contribution in [1.82, 2.24) is 4.90 Å². The molecule has 0 spiro atoms. The number of benzene rings is 1. The van der Waals surface area contributed by atoms with E-state index < -0.39 is 0 Å². The summed E-state index contributed by atoms with van der Waals surface area (Å²) >= 11 is 0.